The third-order valence-corrected chi connectivity index (χ3v) is 4.02. The van der Waals surface area contributed by atoms with Crippen molar-refractivity contribution in [1.82, 2.24) is 20.2 Å². The minimum atomic E-state index is -0.367. The Bertz CT molecular complexity index is 749. The first-order valence-corrected chi connectivity index (χ1v) is 7.65. The molecule has 0 unspecified atom stereocenters. The van der Waals surface area contributed by atoms with Gasteiger partial charge in [-0.1, -0.05) is 0 Å². The lowest BCUT2D eigenvalue weighted by atomic mass is 9.97. The van der Waals surface area contributed by atoms with Gasteiger partial charge in [0.15, 0.2) is 0 Å². The van der Waals surface area contributed by atoms with Crippen LogP contribution in [0.1, 0.15) is 27.0 Å². The maximum Gasteiger partial charge on any atom is 0.409 e. The minimum absolute atomic E-state index is 0.164. The summed E-state index contributed by atoms with van der Waals surface area (Å²) in [6, 6.07) is 3.71. The number of carbonyl (C=O) groups excluding carboxylic acids is 2. The number of rotatable bonds is 3. The second-order valence-electron chi connectivity index (χ2n) is 5.50. The first kappa shape index (κ1) is 15.9. The van der Waals surface area contributed by atoms with Crippen molar-refractivity contribution in [2.24, 2.45) is 0 Å². The third kappa shape index (κ3) is 3.34. The maximum absolute atomic E-state index is 12.5. The zero-order chi connectivity index (χ0) is 16.9. The van der Waals surface area contributed by atoms with E-state index in [1.807, 2.05) is 12.1 Å². The molecule has 0 atom stereocenters. The highest BCUT2D eigenvalue weighted by Gasteiger charge is 2.25. The van der Waals surface area contributed by atoms with Gasteiger partial charge < -0.3 is 15.0 Å². The number of hydrogen-bond donors (Lipinski definition) is 1. The highest BCUT2D eigenvalue weighted by molar-refractivity contribution is 5.95. The molecule has 0 saturated carbocycles. The molecule has 124 valence electrons. The van der Waals surface area contributed by atoms with Gasteiger partial charge in [0.2, 0.25) is 0 Å². The summed E-state index contributed by atoms with van der Waals surface area (Å²) >= 11 is 0. The van der Waals surface area contributed by atoms with Crippen molar-refractivity contribution in [2.75, 3.05) is 13.7 Å². The number of nitrogens with zero attached hydrogens (tertiary/aromatic N) is 3. The number of aromatic nitrogens is 2. The number of fused-ring (bicyclic) bond motifs is 1. The Morgan fingerprint density at radius 2 is 2.04 bits per heavy atom. The molecule has 2 aromatic heterocycles. The largest absolute Gasteiger partial charge is 0.453 e. The van der Waals surface area contributed by atoms with Gasteiger partial charge in [-0.05, 0) is 35.2 Å². The quantitative estimate of drug-likeness (QED) is 0.925. The Kier molecular flexibility index (Phi) is 4.69. The van der Waals surface area contributed by atoms with Gasteiger partial charge in [0.05, 0.1) is 19.2 Å². The summed E-state index contributed by atoms with van der Waals surface area (Å²) in [5.41, 5.74) is 3.36. The number of ether oxygens (including phenoxy) is 1. The van der Waals surface area contributed by atoms with Crippen LogP contribution in [0.15, 0.2) is 36.9 Å². The van der Waals surface area contributed by atoms with Gasteiger partial charge in [-0.3, -0.25) is 14.8 Å². The molecule has 7 heteroatoms. The van der Waals surface area contributed by atoms with Crippen molar-refractivity contribution in [2.45, 2.75) is 19.5 Å². The Morgan fingerprint density at radius 3 is 2.79 bits per heavy atom. The fraction of sp³-hybridized carbons (Fsp3) is 0.294. The Labute approximate surface area is 139 Å². The molecule has 24 heavy (non-hydrogen) atoms. The van der Waals surface area contributed by atoms with Crippen molar-refractivity contribution in [3.05, 3.63) is 59.2 Å². The summed E-state index contributed by atoms with van der Waals surface area (Å²) in [6.07, 6.45) is 6.89. The van der Waals surface area contributed by atoms with Gasteiger partial charge in [0.1, 0.15) is 0 Å². The topological polar surface area (TPSA) is 84.4 Å². The molecule has 2 amide bonds. The van der Waals surface area contributed by atoms with E-state index in [9.17, 15) is 9.59 Å². The van der Waals surface area contributed by atoms with Gasteiger partial charge in [-0.15, -0.1) is 0 Å². The van der Waals surface area contributed by atoms with Crippen LogP contribution in [-0.4, -0.2) is 40.5 Å². The number of hydrogen-bond acceptors (Lipinski definition) is 5. The van der Waals surface area contributed by atoms with E-state index >= 15 is 0 Å². The monoisotopic (exact) mass is 326 g/mol. The van der Waals surface area contributed by atoms with Crippen molar-refractivity contribution in [3.63, 3.8) is 0 Å². The number of methoxy groups -OCH3 is 1. The summed E-state index contributed by atoms with van der Waals surface area (Å²) in [7, 11) is 1.36. The molecule has 1 aliphatic heterocycles. The lowest BCUT2D eigenvalue weighted by Gasteiger charge is -2.28. The number of amides is 2. The summed E-state index contributed by atoms with van der Waals surface area (Å²) in [4.78, 5) is 33.8. The summed E-state index contributed by atoms with van der Waals surface area (Å²) in [5, 5.41) is 2.90. The molecule has 1 aliphatic rings. The first-order valence-electron chi connectivity index (χ1n) is 7.65. The zero-order valence-electron chi connectivity index (χ0n) is 13.4. The van der Waals surface area contributed by atoms with Gasteiger partial charge in [-0.25, -0.2) is 4.79 Å². The molecule has 0 fully saturated rings. The molecule has 3 heterocycles. The van der Waals surface area contributed by atoms with Crippen LogP contribution in [-0.2, 0) is 24.2 Å². The molecule has 7 nitrogen and oxygen atoms in total. The summed E-state index contributed by atoms with van der Waals surface area (Å²) in [5.74, 6) is -0.164. The highest BCUT2D eigenvalue weighted by atomic mass is 16.5. The SMILES string of the molecule is COC(=O)N1CCc2c(cncc2C(=O)NCc2ccncc2)C1. The second-order valence-corrected chi connectivity index (χ2v) is 5.50. The smallest absolute Gasteiger partial charge is 0.409 e. The Morgan fingerprint density at radius 1 is 1.25 bits per heavy atom. The maximum atomic E-state index is 12.5. The Balaban J connectivity index is 1.73. The molecule has 0 spiro atoms. The van der Waals surface area contributed by atoms with Gasteiger partial charge in [0.25, 0.3) is 5.91 Å². The zero-order valence-corrected chi connectivity index (χ0v) is 13.4. The number of nitrogens with one attached hydrogen (secondary N) is 1. The molecule has 2 aromatic rings. The average molecular weight is 326 g/mol. The van der Waals surface area contributed by atoms with Crippen molar-refractivity contribution >= 4 is 12.0 Å². The molecular weight excluding hydrogens is 308 g/mol. The molecular formula is C17H18N4O3. The average Bonchev–Trinajstić information content (AvgIpc) is 2.65. The van der Waals surface area contributed by atoms with Gasteiger partial charge in [0, 0.05) is 37.9 Å². The van der Waals surface area contributed by atoms with E-state index in [0.29, 0.717) is 31.6 Å². The van der Waals surface area contributed by atoms with E-state index in [1.165, 1.54) is 7.11 Å². The highest BCUT2D eigenvalue weighted by Crippen LogP contribution is 2.22. The number of pyridine rings is 2. The minimum Gasteiger partial charge on any atom is -0.453 e. The van der Waals surface area contributed by atoms with E-state index in [2.05, 4.69) is 15.3 Å². The van der Waals surface area contributed by atoms with E-state index in [-0.39, 0.29) is 12.0 Å². The van der Waals surface area contributed by atoms with Crippen LogP contribution in [0.4, 0.5) is 4.79 Å². The van der Waals surface area contributed by atoms with E-state index < -0.39 is 0 Å². The summed E-state index contributed by atoms with van der Waals surface area (Å²) < 4.78 is 4.75. The van der Waals surface area contributed by atoms with Crippen LogP contribution in [0.2, 0.25) is 0 Å². The van der Waals surface area contributed by atoms with E-state index in [4.69, 9.17) is 4.74 Å². The normalized spacial score (nSPS) is 13.1. The number of carbonyl (C=O) groups is 2. The van der Waals surface area contributed by atoms with Crippen molar-refractivity contribution in [3.8, 4) is 0 Å². The predicted octanol–water partition coefficient (Wildman–Crippen LogP) is 1.53. The second kappa shape index (κ2) is 7.08. The van der Waals surface area contributed by atoms with Crippen LogP contribution >= 0.6 is 0 Å². The fourth-order valence-corrected chi connectivity index (χ4v) is 2.75. The van der Waals surface area contributed by atoms with Crippen LogP contribution < -0.4 is 5.32 Å². The predicted molar refractivity (Wildman–Crippen MR) is 86.2 cm³/mol. The van der Waals surface area contributed by atoms with E-state index in [1.54, 1.807) is 29.7 Å². The van der Waals surface area contributed by atoms with Crippen LogP contribution in [0.25, 0.3) is 0 Å². The molecule has 0 bridgehead atoms. The molecule has 3 rings (SSSR count). The lowest BCUT2D eigenvalue weighted by molar-refractivity contribution is 0.0948. The Hall–Kier alpha value is -2.96. The van der Waals surface area contributed by atoms with Crippen molar-refractivity contribution < 1.29 is 14.3 Å². The molecule has 0 saturated heterocycles. The molecule has 0 aromatic carbocycles. The van der Waals surface area contributed by atoms with Crippen molar-refractivity contribution in [1.29, 1.82) is 0 Å². The van der Waals surface area contributed by atoms with Crippen LogP contribution in [0.3, 0.4) is 0 Å². The molecule has 0 radical (unpaired) electrons. The molecule has 0 aliphatic carbocycles. The van der Waals surface area contributed by atoms with Gasteiger partial charge >= 0.3 is 6.09 Å². The lowest BCUT2D eigenvalue weighted by Crippen LogP contribution is -2.37. The summed E-state index contributed by atoms with van der Waals surface area (Å²) in [6.45, 7) is 1.36. The van der Waals surface area contributed by atoms with E-state index in [0.717, 1.165) is 16.7 Å². The van der Waals surface area contributed by atoms with Gasteiger partial charge in [-0.2, -0.15) is 0 Å². The standard InChI is InChI=1S/C17H18N4O3/c1-24-17(23)21-7-4-14-13(11-21)9-19-10-15(14)16(22)20-8-12-2-5-18-6-3-12/h2-3,5-6,9-10H,4,7-8,11H2,1H3,(H,20,22). The van der Waals surface area contributed by atoms with Crippen LogP contribution in [0.5, 0.6) is 0 Å². The third-order valence-electron chi connectivity index (χ3n) is 4.02. The van der Waals surface area contributed by atoms with Crippen LogP contribution in [0, 0.1) is 0 Å². The fourth-order valence-electron chi connectivity index (χ4n) is 2.75. The first-order chi connectivity index (χ1) is 11.7. The molecule has 1 N–H and O–H groups in total.